The van der Waals surface area contributed by atoms with Gasteiger partial charge in [-0.2, -0.15) is 0 Å². The van der Waals surface area contributed by atoms with Gasteiger partial charge in [-0.25, -0.2) is 9.00 Å². The monoisotopic (exact) mass is 322 g/mol. The van der Waals surface area contributed by atoms with Crippen LogP contribution in [0, 0.1) is 10.1 Å². The maximum Gasteiger partial charge on any atom is 0.336 e. The van der Waals surface area contributed by atoms with E-state index in [0.717, 1.165) is 12.1 Å². The minimum atomic E-state index is -2.51. The lowest BCUT2D eigenvalue weighted by Crippen LogP contribution is -2.08. The number of nitro groups is 1. The second-order valence-electron chi connectivity index (χ2n) is 4.20. The molecule has 0 aliphatic rings. The Morgan fingerprint density at radius 2 is 1.86 bits per heavy atom. The van der Waals surface area contributed by atoms with Crippen LogP contribution in [0.25, 0.3) is 11.1 Å². The Kier molecular flexibility index (Phi) is 4.49. The molecule has 2 aromatic carbocycles. The van der Waals surface area contributed by atoms with Crippen LogP contribution in [0.15, 0.2) is 42.5 Å². The summed E-state index contributed by atoms with van der Waals surface area (Å²) in [7, 11) is 0. The van der Waals surface area contributed by atoms with Crippen LogP contribution in [0.5, 0.6) is 0 Å². The van der Waals surface area contributed by atoms with Gasteiger partial charge in [-0.05, 0) is 11.6 Å². The molecular weight excluding hydrogens is 312 g/mol. The third-order valence-electron chi connectivity index (χ3n) is 2.82. The highest BCUT2D eigenvalue weighted by atomic mass is 32.2. The van der Waals surface area contributed by atoms with Crippen LogP contribution in [0.1, 0.15) is 10.4 Å². The van der Waals surface area contributed by atoms with Crippen molar-refractivity contribution in [2.24, 2.45) is 0 Å². The maximum atomic E-state index is 11.3. The molecule has 0 heterocycles. The number of benzene rings is 2. The van der Waals surface area contributed by atoms with Crippen molar-refractivity contribution in [2.75, 3.05) is 4.72 Å². The van der Waals surface area contributed by atoms with E-state index in [1.54, 1.807) is 30.3 Å². The minimum absolute atomic E-state index is 0.0398. The largest absolute Gasteiger partial charge is 0.478 e. The summed E-state index contributed by atoms with van der Waals surface area (Å²) in [4.78, 5) is 21.6. The third-order valence-corrected chi connectivity index (χ3v) is 3.22. The first-order valence-electron chi connectivity index (χ1n) is 5.89. The van der Waals surface area contributed by atoms with Crippen molar-refractivity contribution in [1.29, 1.82) is 0 Å². The van der Waals surface area contributed by atoms with Gasteiger partial charge in [0.05, 0.1) is 21.7 Å². The first kappa shape index (κ1) is 15.6. The number of nitrogens with zero attached hydrogens (tertiary/aromatic N) is 1. The molecule has 0 bridgehead atoms. The molecule has 0 saturated heterocycles. The number of anilines is 1. The van der Waals surface area contributed by atoms with Crippen molar-refractivity contribution in [3.8, 4) is 11.1 Å². The smallest absolute Gasteiger partial charge is 0.336 e. The lowest BCUT2D eigenvalue weighted by atomic mass is 9.99. The summed E-state index contributed by atoms with van der Waals surface area (Å²) in [5.41, 5.74) is -0.492. The van der Waals surface area contributed by atoms with Crippen LogP contribution in [0.3, 0.4) is 0 Å². The van der Waals surface area contributed by atoms with Crippen LogP contribution < -0.4 is 4.72 Å². The predicted molar refractivity (Wildman–Crippen MR) is 79.9 cm³/mol. The fourth-order valence-electron chi connectivity index (χ4n) is 1.98. The van der Waals surface area contributed by atoms with Crippen molar-refractivity contribution < 1.29 is 23.6 Å². The molecule has 114 valence electrons. The molecule has 22 heavy (non-hydrogen) atoms. The molecule has 1 unspecified atom stereocenters. The van der Waals surface area contributed by atoms with Crippen LogP contribution in [0.2, 0.25) is 0 Å². The molecule has 0 saturated carbocycles. The normalized spacial score (nSPS) is 11.7. The molecule has 2 rings (SSSR count). The highest BCUT2D eigenvalue weighted by molar-refractivity contribution is 7.80. The zero-order valence-electron chi connectivity index (χ0n) is 10.9. The Bertz CT molecular complexity index is 763. The molecule has 1 atom stereocenters. The Labute approximate surface area is 127 Å². The summed E-state index contributed by atoms with van der Waals surface area (Å²) in [6.45, 7) is 0. The molecule has 0 fully saturated rings. The summed E-state index contributed by atoms with van der Waals surface area (Å²) in [5, 5.41) is 20.3. The van der Waals surface area contributed by atoms with Crippen LogP contribution in [0.4, 0.5) is 11.4 Å². The molecule has 0 radical (unpaired) electrons. The van der Waals surface area contributed by atoms with E-state index < -0.39 is 27.8 Å². The number of nitro benzene ring substituents is 1. The van der Waals surface area contributed by atoms with Gasteiger partial charge in [-0.1, -0.05) is 30.3 Å². The standard InChI is InChI=1S/C13H10N2O6S/c16-13(17)9-6-10(14-22(20)21)12(11(7-9)15(18)19)8-4-2-1-3-5-8/h1-7,14H,(H,16,17)(H,20,21). The van der Waals surface area contributed by atoms with Gasteiger partial charge in [0.25, 0.3) is 17.0 Å². The van der Waals surface area contributed by atoms with Crippen molar-refractivity contribution in [1.82, 2.24) is 0 Å². The van der Waals surface area contributed by atoms with Crippen molar-refractivity contribution in [3.05, 3.63) is 58.1 Å². The summed E-state index contributed by atoms with van der Waals surface area (Å²) >= 11 is -2.51. The van der Waals surface area contributed by atoms with Gasteiger partial charge in [-0.3, -0.25) is 19.4 Å². The van der Waals surface area contributed by atoms with Gasteiger partial charge in [0.1, 0.15) is 0 Å². The van der Waals surface area contributed by atoms with E-state index >= 15 is 0 Å². The van der Waals surface area contributed by atoms with Crippen LogP contribution in [-0.2, 0) is 11.3 Å². The van der Waals surface area contributed by atoms with Gasteiger partial charge < -0.3 is 5.11 Å². The molecule has 0 aromatic heterocycles. The van der Waals surface area contributed by atoms with Gasteiger partial charge in [0.2, 0.25) is 0 Å². The second kappa shape index (κ2) is 6.33. The van der Waals surface area contributed by atoms with E-state index in [9.17, 15) is 19.1 Å². The van der Waals surface area contributed by atoms with E-state index in [1.165, 1.54) is 0 Å². The van der Waals surface area contributed by atoms with Crippen molar-refractivity contribution in [2.45, 2.75) is 0 Å². The highest BCUT2D eigenvalue weighted by Gasteiger charge is 2.23. The Balaban J connectivity index is 2.79. The summed E-state index contributed by atoms with van der Waals surface area (Å²) in [6, 6.07) is 10.1. The molecule has 0 amide bonds. The summed E-state index contributed by atoms with van der Waals surface area (Å²) < 4.78 is 22.1. The van der Waals surface area contributed by atoms with E-state index in [0.29, 0.717) is 5.56 Å². The number of hydrogen-bond acceptors (Lipinski definition) is 4. The Hall–Kier alpha value is -2.78. The van der Waals surface area contributed by atoms with Gasteiger partial charge in [0, 0.05) is 6.07 Å². The lowest BCUT2D eigenvalue weighted by Gasteiger charge is -2.11. The highest BCUT2D eigenvalue weighted by Crippen LogP contribution is 2.38. The zero-order valence-corrected chi connectivity index (χ0v) is 11.7. The minimum Gasteiger partial charge on any atom is -0.478 e. The number of nitrogens with one attached hydrogen (secondary N) is 1. The van der Waals surface area contributed by atoms with Crippen LogP contribution in [-0.4, -0.2) is 24.8 Å². The third kappa shape index (κ3) is 3.27. The van der Waals surface area contributed by atoms with E-state index in [-0.39, 0.29) is 16.8 Å². The molecule has 2 aromatic rings. The molecule has 0 spiro atoms. The van der Waals surface area contributed by atoms with Gasteiger partial charge >= 0.3 is 5.97 Å². The summed E-state index contributed by atoms with van der Waals surface area (Å²) in [5.74, 6) is -1.38. The van der Waals surface area contributed by atoms with Crippen molar-refractivity contribution >= 4 is 28.6 Å². The summed E-state index contributed by atoms with van der Waals surface area (Å²) in [6.07, 6.45) is 0. The fourth-order valence-corrected chi connectivity index (χ4v) is 2.33. The first-order valence-corrected chi connectivity index (χ1v) is 6.99. The number of carbonyl (C=O) groups is 1. The van der Waals surface area contributed by atoms with Gasteiger partial charge in [-0.15, -0.1) is 0 Å². The SMILES string of the molecule is O=C(O)c1cc(NS(=O)O)c(-c2ccccc2)c([N+](=O)[O-])c1. The first-order chi connectivity index (χ1) is 10.4. The second-order valence-corrected chi connectivity index (χ2v) is 4.90. The van der Waals surface area contributed by atoms with E-state index in [1.807, 2.05) is 0 Å². The average molecular weight is 322 g/mol. The molecular formula is C13H10N2O6S. The molecule has 8 nitrogen and oxygen atoms in total. The quantitative estimate of drug-likeness (QED) is 0.440. The fraction of sp³-hybridized carbons (Fsp3) is 0. The molecule has 0 aliphatic heterocycles. The number of carboxylic acids is 1. The zero-order chi connectivity index (χ0) is 16.3. The number of aromatic carboxylic acids is 1. The topological polar surface area (TPSA) is 130 Å². The van der Waals surface area contributed by atoms with E-state index in [2.05, 4.69) is 4.72 Å². The molecule has 0 aliphatic carbocycles. The number of rotatable bonds is 5. The maximum absolute atomic E-state index is 11.3. The Morgan fingerprint density at radius 1 is 1.23 bits per heavy atom. The molecule has 9 heteroatoms. The predicted octanol–water partition coefficient (Wildman–Crippen LogP) is 2.51. The number of hydrogen-bond donors (Lipinski definition) is 3. The lowest BCUT2D eigenvalue weighted by molar-refractivity contribution is -0.384. The van der Waals surface area contributed by atoms with Crippen molar-refractivity contribution in [3.63, 3.8) is 0 Å². The molecule has 3 N–H and O–H groups in total. The Morgan fingerprint density at radius 3 is 2.36 bits per heavy atom. The van der Waals surface area contributed by atoms with Gasteiger partial charge in [0.15, 0.2) is 0 Å². The number of carboxylic acid groups (broad SMARTS) is 1. The van der Waals surface area contributed by atoms with E-state index in [4.69, 9.17) is 9.66 Å². The van der Waals surface area contributed by atoms with Crippen LogP contribution >= 0.6 is 0 Å². The average Bonchev–Trinajstić information content (AvgIpc) is 2.46.